The van der Waals surface area contributed by atoms with Gasteiger partial charge in [0.05, 0.1) is 34.5 Å². The normalized spacial score (nSPS) is 10.8. The second kappa shape index (κ2) is 10.5. The molecule has 0 saturated carbocycles. The van der Waals surface area contributed by atoms with Crippen molar-refractivity contribution in [3.63, 3.8) is 0 Å². The quantitative estimate of drug-likeness (QED) is 0.398. The molecule has 4 aromatic rings. The molecule has 0 radical (unpaired) electrons. The van der Waals surface area contributed by atoms with E-state index in [2.05, 4.69) is 5.32 Å². The van der Waals surface area contributed by atoms with E-state index < -0.39 is 11.9 Å². The molecule has 0 saturated heterocycles. The van der Waals surface area contributed by atoms with Gasteiger partial charge in [0.25, 0.3) is 5.91 Å². The molecule has 7 nitrogen and oxygen atoms in total. The molecule has 0 aliphatic heterocycles. The van der Waals surface area contributed by atoms with Crippen LogP contribution in [0.2, 0.25) is 0 Å². The van der Waals surface area contributed by atoms with Crippen molar-refractivity contribution in [1.82, 2.24) is 10.3 Å². The fourth-order valence-electron chi connectivity index (χ4n) is 3.81. The van der Waals surface area contributed by atoms with Crippen molar-refractivity contribution in [3.8, 4) is 17.0 Å². The van der Waals surface area contributed by atoms with Crippen LogP contribution in [0.3, 0.4) is 0 Å². The van der Waals surface area contributed by atoms with Crippen LogP contribution in [0.15, 0.2) is 78.9 Å². The van der Waals surface area contributed by atoms with E-state index in [1.807, 2.05) is 62.4 Å². The largest absolute Gasteiger partial charge is 0.545 e. The number of amides is 1. The minimum Gasteiger partial charge on any atom is -0.545 e. The van der Waals surface area contributed by atoms with Crippen LogP contribution in [0, 0.1) is 0 Å². The first-order valence-electron chi connectivity index (χ1n) is 11.3. The van der Waals surface area contributed by atoms with Gasteiger partial charge in [0.1, 0.15) is 5.75 Å². The summed E-state index contributed by atoms with van der Waals surface area (Å²) >= 11 is 5.44. The summed E-state index contributed by atoms with van der Waals surface area (Å²) in [5.41, 5.74) is 2.72. The second-order valence-electron chi connectivity index (χ2n) is 8.39. The number of carboxylic acid groups (broad SMARTS) is 1. The number of carboxylic acids is 1. The number of fused-ring (bicyclic) bond motifs is 1. The summed E-state index contributed by atoms with van der Waals surface area (Å²) in [6.07, 6.45) is 0.0196. The number of ether oxygens (including phenoxy) is 1. The highest BCUT2D eigenvalue weighted by atomic mass is 32.1. The number of para-hydroxylation sites is 2. The van der Waals surface area contributed by atoms with E-state index in [1.165, 1.54) is 11.0 Å². The molecule has 0 aliphatic rings. The van der Waals surface area contributed by atoms with E-state index in [1.54, 1.807) is 31.3 Å². The van der Waals surface area contributed by atoms with Crippen molar-refractivity contribution in [2.45, 2.75) is 20.0 Å². The van der Waals surface area contributed by atoms with Gasteiger partial charge < -0.3 is 19.5 Å². The summed E-state index contributed by atoms with van der Waals surface area (Å²) < 4.78 is 5.81. The minimum atomic E-state index is -1.33. The molecule has 0 atom stereocenters. The first-order valence-corrected chi connectivity index (χ1v) is 11.7. The van der Waals surface area contributed by atoms with Crippen LogP contribution in [0.25, 0.3) is 22.2 Å². The van der Waals surface area contributed by atoms with Gasteiger partial charge in [0.15, 0.2) is 5.11 Å². The monoisotopic (exact) mass is 498 g/mol. The zero-order valence-corrected chi connectivity index (χ0v) is 20.8. The number of nitrogens with one attached hydrogen (secondary N) is 1. The zero-order chi connectivity index (χ0) is 25.8. The molecule has 0 fully saturated rings. The zero-order valence-electron chi connectivity index (χ0n) is 20.0. The number of nitrogens with zero attached hydrogens (tertiary/aromatic N) is 2. The van der Waals surface area contributed by atoms with E-state index in [-0.39, 0.29) is 16.8 Å². The Labute approximate surface area is 214 Å². The summed E-state index contributed by atoms with van der Waals surface area (Å²) in [5.74, 6) is -1.06. The van der Waals surface area contributed by atoms with Crippen LogP contribution in [0.1, 0.15) is 34.6 Å². The van der Waals surface area contributed by atoms with Crippen LogP contribution in [0.5, 0.6) is 5.75 Å². The molecule has 0 bridgehead atoms. The van der Waals surface area contributed by atoms with Gasteiger partial charge >= 0.3 is 0 Å². The molecule has 182 valence electrons. The Bertz CT molecular complexity index is 1470. The third kappa shape index (κ3) is 5.34. The maximum atomic E-state index is 13.4. The number of carbonyl (C=O) groups excluding carboxylic acids is 2. The van der Waals surface area contributed by atoms with Gasteiger partial charge in [-0.25, -0.2) is 4.98 Å². The summed E-state index contributed by atoms with van der Waals surface area (Å²) in [6.45, 7) is 3.91. The van der Waals surface area contributed by atoms with Gasteiger partial charge in [-0.05, 0) is 56.4 Å². The minimum absolute atomic E-state index is 0.0196. The van der Waals surface area contributed by atoms with Gasteiger partial charge in [-0.1, -0.05) is 48.5 Å². The van der Waals surface area contributed by atoms with Crippen LogP contribution < -0.4 is 20.1 Å². The highest BCUT2D eigenvalue weighted by Crippen LogP contribution is 2.28. The number of carbonyl (C=O) groups is 2. The smallest absolute Gasteiger partial charge is 0.258 e. The molecule has 4 rings (SSSR count). The van der Waals surface area contributed by atoms with Crippen molar-refractivity contribution in [1.29, 1.82) is 0 Å². The molecule has 0 unspecified atom stereocenters. The number of thiocarbonyl (C=S) groups is 1. The van der Waals surface area contributed by atoms with Crippen molar-refractivity contribution in [2.24, 2.45) is 0 Å². The van der Waals surface area contributed by atoms with Crippen molar-refractivity contribution >= 4 is 45.8 Å². The maximum absolute atomic E-state index is 13.4. The highest BCUT2D eigenvalue weighted by Gasteiger charge is 2.18. The van der Waals surface area contributed by atoms with Crippen molar-refractivity contribution in [2.75, 3.05) is 11.9 Å². The molecule has 3 aromatic carbocycles. The van der Waals surface area contributed by atoms with Crippen LogP contribution in [0.4, 0.5) is 5.69 Å². The number of hydrogen-bond donors (Lipinski definition) is 1. The lowest BCUT2D eigenvalue weighted by atomic mass is 10.0. The first kappa shape index (κ1) is 24.8. The van der Waals surface area contributed by atoms with Gasteiger partial charge in [-0.2, -0.15) is 0 Å². The SMILES string of the molecule is CC(C)Oc1cccc(-c2cc(C(=O)NC(=S)N(C)c3ccccc3C(=O)[O-])c3ccccc3n2)c1. The number of aromatic nitrogens is 1. The predicted octanol–water partition coefficient (Wildman–Crippen LogP) is 4.20. The topological polar surface area (TPSA) is 94.6 Å². The molecule has 1 aromatic heterocycles. The molecule has 36 heavy (non-hydrogen) atoms. The van der Waals surface area contributed by atoms with Gasteiger partial charge in [0, 0.05) is 23.6 Å². The number of hydrogen-bond acceptors (Lipinski definition) is 6. The molecule has 1 amide bonds. The van der Waals surface area contributed by atoms with E-state index >= 15 is 0 Å². The molecule has 1 N–H and O–H groups in total. The van der Waals surface area contributed by atoms with E-state index in [9.17, 15) is 14.7 Å². The fourth-order valence-corrected chi connectivity index (χ4v) is 4.00. The highest BCUT2D eigenvalue weighted by molar-refractivity contribution is 7.80. The number of anilines is 1. The Hall–Kier alpha value is -4.30. The standard InChI is InChI=1S/C28H25N3O4S/c1-17(2)35-19-10-8-9-18(15-19)24-16-22(20-11-4-6-13-23(20)29-24)26(32)30-28(36)31(3)25-14-7-5-12-21(25)27(33)34/h4-17H,1-3H3,(H,33,34)(H,30,32,36)/p-1. The molecular weight excluding hydrogens is 474 g/mol. The summed E-state index contributed by atoms with van der Waals surface area (Å²) in [7, 11) is 1.58. The lowest BCUT2D eigenvalue weighted by Crippen LogP contribution is -2.41. The average molecular weight is 499 g/mol. The van der Waals surface area contributed by atoms with Gasteiger partial charge in [-0.15, -0.1) is 0 Å². The fraction of sp³-hybridized carbons (Fsp3) is 0.143. The van der Waals surface area contributed by atoms with E-state index in [0.717, 1.165) is 5.56 Å². The maximum Gasteiger partial charge on any atom is 0.258 e. The van der Waals surface area contributed by atoms with Crippen LogP contribution in [-0.4, -0.2) is 35.1 Å². The Kier molecular flexibility index (Phi) is 7.26. The van der Waals surface area contributed by atoms with E-state index in [0.29, 0.717) is 33.6 Å². The Balaban J connectivity index is 1.68. The molecular formula is C28H24N3O4S-. The Morgan fingerprint density at radius 1 is 0.972 bits per heavy atom. The lowest BCUT2D eigenvalue weighted by molar-refractivity contribution is -0.254. The molecule has 1 heterocycles. The van der Waals surface area contributed by atoms with Crippen LogP contribution in [-0.2, 0) is 0 Å². The molecule has 0 spiro atoms. The third-order valence-corrected chi connectivity index (χ3v) is 5.85. The summed E-state index contributed by atoms with van der Waals surface area (Å²) in [6, 6.07) is 22.9. The number of aromatic carboxylic acids is 1. The number of rotatable bonds is 6. The van der Waals surface area contributed by atoms with Gasteiger partial charge in [-0.3, -0.25) is 10.1 Å². The lowest BCUT2D eigenvalue weighted by Gasteiger charge is -2.23. The molecule has 8 heteroatoms. The summed E-state index contributed by atoms with van der Waals surface area (Å²) in [4.78, 5) is 31.1. The summed E-state index contributed by atoms with van der Waals surface area (Å²) in [5, 5.41) is 14.9. The van der Waals surface area contributed by atoms with E-state index in [4.69, 9.17) is 21.9 Å². The van der Waals surface area contributed by atoms with Gasteiger partial charge in [0.2, 0.25) is 0 Å². The van der Waals surface area contributed by atoms with Crippen LogP contribution >= 0.6 is 12.2 Å². The molecule has 0 aliphatic carbocycles. The van der Waals surface area contributed by atoms with Crippen molar-refractivity contribution in [3.05, 3.63) is 90.0 Å². The number of pyridine rings is 1. The average Bonchev–Trinajstić information content (AvgIpc) is 2.87. The first-order chi connectivity index (χ1) is 17.2. The Morgan fingerprint density at radius 3 is 2.44 bits per heavy atom. The second-order valence-corrected chi connectivity index (χ2v) is 8.78. The van der Waals surface area contributed by atoms with Crippen molar-refractivity contribution < 1.29 is 19.4 Å². The third-order valence-electron chi connectivity index (χ3n) is 5.47. The Morgan fingerprint density at radius 2 is 1.69 bits per heavy atom. The number of benzene rings is 3. The predicted molar refractivity (Wildman–Crippen MR) is 142 cm³/mol.